The van der Waals surface area contributed by atoms with Crippen LogP contribution in [0, 0.1) is 0 Å². The molecule has 0 spiro atoms. The number of urea groups is 1. The van der Waals surface area contributed by atoms with E-state index >= 15 is 0 Å². The maximum absolute atomic E-state index is 12.2. The number of hydrogen-bond donors (Lipinski definition) is 1. The summed E-state index contributed by atoms with van der Waals surface area (Å²) in [5.41, 5.74) is 3.54. The van der Waals surface area contributed by atoms with E-state index in [1.54, 1.807) is 0 Å². The van der Waals surface area contributed by atoms with E-state index in [2.05, 4.69) is 11.4 Å². The lowest BCUT2D eigenvalue weighted by molar-refractivity contribution is 0.119. The summed E-state index contributed by atoms with van der Waals surface area (Å²) < 4.78 is 5.29. The minimum Gasteiger partial charge on any atom is -0.381 e. The van der Waals surface area contributed by atoms with Crippen LogP contribution in [0.3, 0.4) is 0 Å². The number of anilines is 1. The Morgan fingerprint density at radius 3 is 2.84 bits per heavy atom. The van der Waals surface area contributed by atoms with Gasteiger partial charge in [0.15, 0.2) is 0 Å². The molecule has 2 aliphatic heterocycles. The van der Waals surface area contributed by atoms with Gasteiger partial charge in [-0.2, -0.15) is 0 Å². The van der Waals surface area contributed by atoms with Crippen molar-refractivity contribution in [3.05, 3.63) is 41.6 Å². The van der Waals surface area contributed by atoms with Crippen molar-refractivity contribution < 1.29 is 9.53 Å². The molecule has 19 heavy (non-hydrogen) atoms. The van der Waals surface area contributed by atoms with Gasteiger partial charge in [-0.1, -0.05) is 18.2 Å². The maximum Gasteiger partial charge on any atom is 0.325 e. The maximum atomic E-state index is 12.2. The predicted octanol–water partition coefficient (Wildman–Crippen LogP) is 2.45. The Hall–Kier alpha value is -1.81. The smallest absolute Gasteiger partial charge is 0.325 e. The van der Waals surface area contributed by atoms with Crippen LogP contribution in [0.4, 0.5) is 10.5 Å². The van der Waals surface area contributed by atoms with E-state index in [0.717, 1.165) is 44.7 Å². The third-order valence-electron chi connectivity index (χ3n) is 3.67. The number of nitrogens with one attached hydrogen (secondary N) is 1. The number of ether oxygens (including phenoxy) is 1. The van der Waals surface area contributed by atoms with Crippen molar-refractivity contribution in [3.8, 4) is 0 Å². The van der Waals surface area contributed by atoms with Gasteiger partial charge in [0.1, 0.15) is 0 Å². The van der Waals surface area contributed by atoms with Gasteiger partial charge in [0.2, 0.25) is 0 Å². The Labute approximate surface area is 113 Å². The van der Waals surface area contributed by atoms with Crippen LogP contribution in [0.2, 0.25) is 0 Å². The van der Waals surface area contributed by atoms with Crippen LogP contribution in [0.1, 0.15) is 18.4 Å². The van der Waals surface area contributed by atoms with Crippen LogP contribution in [0.25, 0.3) is 0 Å². The molecule has 1 saturated heterocycles. The fourth-order valence-electron chi connectivity index (χ4n) is 2.57. The highest BCUT2D eigenvalue weighted by Gasteiger charge is 2.23. The molecule has 0 aromatic heterocycles. The molecule has 1 fully saturated rings. The third-order valence-corrected chi connectivity index (χ3v) is 3.67. The Kier molecular flexibility index (Phi) is 3.51. The third kappa shape index (κ3) is 2.63. The lowest BCUT2D eigenvalue weighted by Gasteiger charge is -2.18. The minimum atomic E-state index is -0.0380. The van der Waals surface area contributed by atoms with Gasteiger partial charge in [0.25, 0.3) is 0 Å². The molecule has 0 unspecified atom stereocenters. The summed E-state index contributed by atoms with van der Waals surface area (Å²) in [7, 11) is 0. The fraction of sp³-hybridized carbons (Fsp3) is 0.400. The number of rotatable bonds is 1. The molecule has 1 aromatic rings. The van der Waals surface area contributed by atoms with Crippen molar-refractivity contribution in [2.24, 2.45) is 0 Å². The second-order valence-corrected chi connectivity index (χ2v) is 4.89. The van der Waals surface area contributed by atoms with Crippen molar-refractivity contribution >= 4 is 11.7 Å². The van der Waals surface area contributed by atoms with Crippen LogP contribution < -0.4 is 10.2 Å². The van der Waals surface area contributed by atoms with Gasteiger partial charge in [0.05, 0.1) is 13.2 Å². The number of fused-ring (bicyclic) bond motifs is 1. The number of hydrogen-bond acceptors (Lipinski definition) is 2. The largest absolute Gasteiger partial charge is 0.381 e. The zero-order chi connectivity index (χ0) is 13.1. The van der Waals surface area contributed by atoms with Gasteiger partial charge >= 0.3 is 6.03 Å². The number of benzene rings is 1. The number of para-hydroxylation sites is 1. The van der Waals surface area contributed by atoms with Gasteiger partial charge in [-0.25, -0.2) is 4.79 Å². The van der Waals surface area contributed by atoms with Gasteiger partial charge in [-0.15, -0.1) is 0 Å². The second kappa shape index (κ2) is 5.45. The number of amides is 2. The zero-order valence-electron chi connectivity index (χ0n) is 10.9. The van der Waals surface area contributed by atoms with Crippen LogP contribution in [-0.4, -0.2) is 25.8 Å². The van der Waals surface area contributed by atoms with Crippen molar-refractivity contribution in [2.45, 2.75) is 19.3 Å². The molecule has 2 heterocycles. The molecular weight excluding hydrogens is 240 g/mol. The zero-order valence-corrected chi connectivity index (χ0v) is 10.9. The van der Waals surface area contributed by atoms with E-state index < -0.39 is 0 Å². The van der Waals surface area contributed by atoms with E-state index in [9.17, 15) is 4.79 Å². The SMILES string of the molecule is O=C(NC=C1CCOCC1)N1CCc2ccccc21. The van der Waals surface area contributed by atoms with Crippen LogP contribution in [0.15, 0.2) is 36.0 Å². The molecule has 2 aliphatic rings. The summed E-state index contributed by atoms with van der Waals surface area (Å²) in [6.45, 7) is 2.28. The summed E-state index contributed by atoms with van der Waals surface area (Å²) in [6.07, 6.45) is 4.62. The molecule has 0 radical (unpaired) electrons. The highest BCUT2D eigenvalue weighted by Crippen LogP contribution is 2.27. The lowest BCUT2D eigenvalue weighted by atomic mass is 10.1. The van der Waals surface area contributed by atoms with Crippen LogP contribution in [-0.2, 0) is 11.2 Å². The average Bonchev–Trinajstić information content (AvgIpc) is 2.90. The summed E-state index contributed by atoms with van der Waals surface area (Å²) in [5, 5.41) is 2.90. The highest BCUT2D eigenvalue weighted by molar-refractivity contribution is 5.94. The molecule has 1 aromatic carbocycles. The topological polar surface area (TPSA) is 41.6 Å². The van der Waals surface area contributed by atoms with E-state index in [4.69, 9.17) is 4.74 Å². The molecule has 1 N–H and O–H groups in total. The quantitative estimate of drug-likeness (QED) is 0.840. The first kappa shape index (κ1) is 12.2. The molecule has 0 saturated carbocycles. The van der Waals surface area contributed by atoms with Crippen LogP contribution >= 0.6 is 0 Å². The van der Waals surface area contributed by atoms with Crippen LogP contribution in [0.5, 0.6) is 0 Å². The van der Waals surface area contributed by atoms with Gasteiger partial charge in [-0.05, 0) is 36.5 Å². The van der Waals surface area contributed by atoms with E-state index in [1.807, 2.05) is 29.3 Å². The predicted molar refractivity (Wildman–Crippen MR) is 74.2 cm³/mol. The molecule has 4 heteroatoms. The lowest BCUT2D eigenvalue weighted by Crippen LogP contribution is -2.36. The van der Waals surface area contributed by atoms with E-state index in [1.165, 1.54) is 11.1 Å². The Bertz CT molecular complexity index is 503. The summed E-state index contributed by atoms with van der Waals surface area (Å²) in [6, 6.07) is 8.04. The van der Waals surface area contributed by atoms with Crippen molar-refractivity contribution in [1.29, 1.82) is 0 Å². The summed E-state index contributed by atoms with van der Waals surface area (Å²) in [4.78, 5) is 14.0. The Morgan fingerprint density at radius 1 is 1.21 bits per heavy atom. The molecule has 3 rings (SSSR count). The van der Waals surface area contributed by atoms with Gasteiger partial charge in [0, 0.05) is 18.4 Å². The molecule has 2 amide bonds. The fourth-order valence-corrected chi connectivity index (χ4v) is 2.57. The van der Waals surface area contributed by atoms with Gasteiger partial charge in [-0.3, -0.25) is 4.90 Å². The number of nitrogens with zero attached hydrogens (tertiary/aromatic N) is 1. The molecule has 0 aliphatic carbocycles. The average molecular weight is 258 g/mol. The molecule has 100 valence electrons. The Morgan fingerprint density at radius 2 is 2.00 bits per heavy atom. The van der Waals surface area contributed by atoms with E-state index in [0.29, 0.717) is 0 Å². The second-order valence-electron chi connectivity index (χ2n) is 4.89. The number of carbonyl (C=O) groups excluding carboxylic acids is 1. The standard InChI is InChI=1S/C15H18N2O2/c18-15(16-11-12-6-9-19-10-7-12)17-8-5-13-3-1-2-4-14(13)17/h1-4,11H,5-10H2,(H,16,18). The van der Waals surface area contributed by atoms with E-state index in [-0.39, 0.29) is 6.03 Å². The first-order valence-corrected chi connectivity index (χ1v) is 6.76. The highest BCUT2D eigenvalue weighted by atomic mass is 16.5. The normalized spacial score (nSPS) is 18.1. The monoisotopic (exact) mass is 258 g/mol. The summed E-state index contributed by atoms with van der Waals surface area (Å²) >= 11 is 0. The first-order valence-electron chi connectivity index (χ1n) is 6.76. The molecule has 0 bridgehead atoms. The van der Waals surface area contributed by atoms with Crippen molar-refractivity contribution in [1.82, 2.24) is 5.32 Å². The molecular formula is C15H18N2O2. The summed E-state index contributed by atoms with van der Waals surface area (Å²) in [5.74, 6) is 0. The van der Waals surface area contributed by atoms with Crippen molar-refractivity contribution in [3.63, 3.8) is 0 Å². The minimum absolute atomic E-state index is 0.0380. The first-order chi connectivity index (χ1) is 9.34. The number of carbonyl (C=O) groups is 1. The van der Waals surface area contributed by atoms with Crippen molar-refractivity contribution in [2.75, 3.05) is 24.7 Å². The Balaban J connectivity index is 1.65. The molecule has 4 nitrogen and oxygen atoms in total. The molecule has 0 atom stereocenters. The van der Waals surface area contributed by atoms with Gasteiger partial charge < -0.3 is 10.1 Å².